The molecule has 0 aromatic carbocycles. The van der Waals surface area contributed by atoms with Crippen molar-refractivity contribution in [1.82, 2.24) is 9.97 Å². The molecule has 12 heavy (non-hydrogen) atoms. The Bertz CT molecular complexity index is 175. The molecule has 0 aliphatic rings. The van der Waals surface area contributed by atoms with E-state index in [-0.39, 0.29) is 0 Å². The Kier molecular flexibility index (Phi) is 6.73. The van der Waals surface area contributed by atoms with E-state index in [2.05, 4.69) is 9.97 Å². The van der Waals surface area contributed by atoms with Gasteiger partial charge in [0, 0.05) is 31.2 Å². The molecule has 4 heteroatoms. The molecule has 0 amide bonds. The topological polar surface area (TPSA) is 63.1 Å². The van der Waals surface area contributed by atoms with Crippen LogP contribution in [0.4, 0.5) is 0 Å². The second-order valence-electron chi connectivity index (χ2n) is 2.04. The highest BCUT2D eigenvalue weighted by atomic mass is 16.4. The molecule has 0 aliphatic heterocycles. The lowest BCUT2D eigenvalue weighted by atomic mass is 10.4. The number of carbonyl (C=O) groups is 1. The van der Waals surface area contributed by atoms with Crippen LogP contribution in [0.1, 0.15) is 19.8 Å². The van der Waals surface area contributed by atoms with Gasteiger partial charge in [0.1, 0.15) is 0 Å². The standard InChI is InChI=1S/C4H4N2.C4H8O2/c1-2-6-4-3-5-1;1-2-3-4(5)6/h1-4H;2-3H2,1H3,(H,5,6). The van der Waals surface area contributed by atoms with Crippen molar-refractivity contribution in [3.05, 3.63) is 24.8 Å². The summed E-state index contributed by atoms with van der Waals surface area (Å²) in [6.45, 7) is 1.84. The first-order valence-electron chi connectivity index (χ1n) is 3.69. The molecule has 0 atom stereocenters. The van der Waals surface area contributed by atoms with Crippen LogP contribution in [0.3, 0.4) is 0 Å². The van der Waals surface area contributed by atoms with Gasteiger partial charge in [-0.05, 0) is 6.42 Å². The Morgan fingerprint density at radius 1 is 1.25 bits per heavy atom. The number of carboxylic acid groups (broad SMARTS) is 1. The highest BCUT2D eigenvalue weighted by molar-refractivity contribution is 5.66. The second kappa shape index (κ2) is 7.65. The first kappa shape index (κ1) is 10.6. The quantitative estimate of drug-likeness (QED) is 0.723. The zero-order chi connectivity index (χ0) is 9.23. The van der Waals surface area contributed by atoms with E-state index in [1.54, 1.807) is 24.8 Å². The Morgan fingerprint density at radius 2 is 1.67 bits per heavy atom. The number of hydrogen-bond donors (Lipinski definition) is 1. The predicted molar refractivity (Wildman–Crippen MR) is 44.6 cm³/mol. The summed E-state index contributed by atoms with van der Waals surface area (Å²) in [7, 11) is 0. The summed E-state index contributed by atoms with van der Waals surface area (Å²) in [6, 6.07) is 0. The maximum atomic E-state index is 9.60. The van der Waals surface area contributed by atoms with Gasteiger partial charge >= 0.3 is 5.97 Å². The Hall–Kier alpha value is -1.45. The molecule has 1 aromatic heterocycles. The maximum absolute atomic E-state index is 9.60. The molecule has 0 unspecified atom stereocenters. The minimum atomic E-state index is -0.711. The lowest BCUT2D eigenvalue weighted by Gasteiger charge is -1.79. The Balaban J connectivity index is 0.000000202. The van der Waals surface area contributed by atoms with E-state index in [1.807, 2.05) is 6.92 Å². The van der Waals surface area contributed by atoms with Crippen LogP contribution in [-0.2, 0) is 4.79 Å². The van der Waals surface area contributed by atoms with Gasteiger partial charge in [-0.25, -0.2) is 0 Å². The Morgan fingerprint density at radius 3 is 1.75 bits per heavy atom. The van der Waals surface area contributed by atoms with Crippen LogP contribution in [0.2, 0.25) is 0 Å². The smallest absolute Gasteiger partial charge is 0.303 e. The monoisotopic (exact) mass is 168 g/mol. The number of aliphatic carboxylic acids is 1. The van der Waals surface area contributed by atoms with Crippen molar-refractivity contribution in [2.24, 2.45) is 0 Å². The molecule has 1 N–H and O–H groups in total. The van der Waals surface area contributed by atoms with E-state index in [1.165, 1.54) is 0 Å². The van der Waals surface area contributed by atoms with Crippen molar-refractivity contribution in [2.45, 2.75) is 19.8 Å². The van der Waals surface area contributed by atoms with Crippen molar-refractivity contribution in [3.63, 3.8) is 0 Å². The Labute approximate surface area is 71.3 Å². The van der Waals surface area contributed by atoms with E-state index < -0.39 is 5.97 Å². The number of carboxylic acids is 1. The third-order valence-corrected chi connectivity index (χ3v) is 0.941. The van der Waals surface area contributed by atoms with Crippen molar-refractivity contribution < 1.29 is 9.90 Å². The zero-order valence-corrected chi connectivity index (χ0v) is 6.97. The molecule has 0 bridgehead atoms. The number of aromatic nitrogens is 2. The molecule has 0 saturated heterocycles. The van der Waals surface area contributed by atoms with E-state index in [9.17, 15) is 4.79 Å². The van der Waals surface area contributed by atoms with Crippen molar-refractivity contribution in [1.29, 1.82) is 0 Å². The van der Waals surface area contributed by atoms with Crippen LogP contribution in [0.15, 0.2) is 24.8 Å². The van der Waals surface area contributed by atoms with Crippen LogP contribution < -0.4 is 0 Å². The number of nitrogens with zero attached hydrogens (tertiary/aromatic N) is 2. The fourth-order valence-electron chi connectivity index (χ4n) is 0.467. The van der Waals surface area contributed by atoms with E-state index >= 15 is 0 Å². The van der Waals surface area contributed by atoms with E-state index in [0.29, 0.717) is 6.42 Å². The molecule has 0 radical (unpaired) electrons. The largest absolute Gasteiger partial charge is 0.481 e. The summed E-state index contributed by atoms with van der Waals surface area (Å²) in [5.74, 6) is -0.711. The highest BCUT2D eigenvalue weighted by Gasteiger charge is 1.87. The molecular formula is C8H12N2O2. The van der Waals surface area contributed by atoms with Crippen LogP contribution in [-0.4, -0.2) is 21.0 Å². The van der Waals surface area contributed by atoms with Gasteiger partial charge in [-0.15, -0.1) is 0 Å². The van der Waals surface area contributed by atoms with Gasteiger partial charge in [-0.3, -0.25) is 14.8 Å². The van der Waals surface area contributed by atoms with Gasteiger partial charge in [-0.1, -0.05) is 6.92 Å². The van der Waals surface area contributed by atoms with Gasteiger partial charge in [-0.2, -0.15) is 0 Å². The summed E-state index contributed by atoms with van der Waals surface area (Å²) in [4.78, 5) is 17.0. The molecule has 1 rings (SSSR count). The average Bonchev–Trinajstić information content (AvgIpc) is 2.08. The third kappa shape index (κ3) is 8.55. The number of rotatable bonds is 2. The van der Waals surface area contributed by atoms with Crippen molar-refractivity contribution in [2.75, 3.05) is 0 Å². The minimum Gasteiger partial charge on any atom is -0.481 e. The normalized spacial score (nSPS) is 8.08. The summed E-state index contributed by atoms with van der Waals surface area (Å²) in [5, 5.41) is 7.91. The molecule has 1 aromatic rings. The van der Waals surface area contributed by atoms with Crippen LogP contribution in [0.5, 0.6) is 0 Å². The average molecular weight is 168 g/mol. The van der Waals surface area contributed by atoms with Gasteiger partial charge in [0.05, 0.1) is 0 Å². The first-order valence-corrected chi connectivity index (χ1v) is 3.69. The number of hydrogen-bond acceptors (Lipinski definition) is 3. The lowest BCUT2D eigenvalue weighted by molar-refractivity contribution is -0.137. The van der Waals surface area contributed by atoms with Gasteiger partial charge in [0.2, 0.25) is 0 Å². The summed E-state index contributed by atoms with van der Waals surface area (Å²) in [6.07, 6.45) is 7.58. The zero-order valence-electron chi connectivity index (χ0n) is 6.97. The fraction of sp³-hybridized carbons (Fsp3) is 0.375. The maximum Gasteiger partial charge on any atom is 0.303 e. The van der Waals surface area contributed by atoms with E-state index in [0.717, 1.165) is 6.42 Å². The van der Waals surface area contributed by atoms with Gasteiger partial charge in [0.15, 0.2) is 0 Å². The molecule has 0 spiro atoms. The van der Waals surface area contributed by atoms with Crippen molar-refractivity contribution in [3.8, 4) is 0 Å². The lowest BCUT2D eigenvalue weighted by Crippen LogP contribution is -1.90. The fourth-order valence-corrected chi connectivity index (χ4v) is 0.467. The minimum absolute atomic E-state index is 0.292. The second-order valence-corrected chi connectivity index (χ2v) is 2.04. The van der Waals surface area contributed by atoms with Crippen LogP contribution in [0.25, 0.3) is 0 Å². The van der Waals surface area contributed by atoms with Gasteiger partial charge < -0.3 is 5.11 Å². The SMILES string of the molecule is CCCC(=O)O.c1cnccn1. The van der Waals surface area contributed by atoms with Gasteiger partial charge in [0.25, 0.3) is 0 Å². The molecule has 0 saturated carbocycles. The molecule has 1 heterocycles. The summed E-state index contributed by atoms with van der Waals surface area (Å²) < 4.78 is 0. The van der Waals surface area contributed by atoms with Crippen LogP contribution in [0, 0.1) is 0 Å². The molecule has 0 aliphatic carbocycles. The molecule has 4 nitrogen and oxygen atoms in total. The summed E-state index contributed by atoms with van der Waals surface area (Å²) in [5.41, 5.74) is 0. The molecule has 0 fully saturated rings. The molecule has 66 valence electrons. The summed E-state index contributed by atoms with van der Waals surface area (Å²) >= 11 is 0. The predicted octanol–water partition coefficient (Wildman–Crippen LogP) is 1.35. The molecular weight excluding hydrogens is 156 g/mol. The van der Waals surface area contributed by atoms with Crippen molar-refractivity contribution >= 4 is 5.97 Å². The first-order chi connectivity index (χ1) is 5.77. The van der Waals surface area contributed by atoms with E-state index in [4.69, 9.17) is 5.11 Å². The third-order valence-electron chi connectivity index (χ3n) is 0.941. The van der Waals surface area contributed by atoms with Crippen LogP contribution >= 0.6 is 0 Å². The highest BCUT2D eigenvalue weighted by Crippen LogP contribution is 1.82.